The first-order chi connectivity index (χ1) is 11.6. The van der Waals surface area contributed by atoms with Gasteiger partial charge in [-0.3, -0.25) is 4.79 Å². The number of methoxy groups -OCH3 is 1. The monoisotopic (exact) mass is 345 g/mol. The third-order valence-corrected chi connectivity index (χ3v) is 4.48. The van der Waals surface area contributed by atoms with Gasteiger partial charge in [0.2, 0.25) is 0 Å². The minimum absolute atomic E-state index is 0.272. The van der Waals surface area contributed by atoms with E-state index in [4.69, 9.17) is 22.1 Å². The van der Waals surface area contributed by atoms with Crippen molar-refractivity contribution in [1.29, 1.82) is 0 Å². The Morgan fingerprint density at radius 2 is 1.96 bits per heavy atom. The summed E-state index contributed by atoms with van der Waals surface area (Å²) < 4.78 is 5.24. The van der Waals surface area contributed by atoms with Crippen molar-refractivity contribution in [2.24, 2.45) is 0 Å². The first-order valence-corrected chi connectivity index (χ1v) is 8.26. The Labute approximate surface area is 146 Å². The number of anilines is 3. The van der Waals surface area contributed by atoms with E-state index in [1.807, 2.05) is 12.1 Å². The van der Waals surface area contributed by atoms with Crippen LogP contribution in [0.15, 0.2) is 36.4 Å². The summed E-state index contributed by atoms with van der Waals surface area (Å²) in [5.41, 5.74) is 8.63. The first-order valence-electron chi connectivity index (χ1n) is 7.88. The molecule has 1 aliphatic heterocycles. The number of carbonyl (C=O) groups is 1. The molecule has 0 saturated carbocycles. The van der Waals surface area contributed by atoms with Crippen molar-refractivity contribution in [3.05, 3.63) is 47.0 Å². The van der Waals surface area contributed by atoms with Gasteiger partial charge in [-0.25, -0.2) is 0 Å². The molecule has 0 spiro atoms. The minimum Gasteiger partial charge on any atom is -0.496 e. The zero-order valence-electron chi connectivity index (χ0n) is 13.5. The van der Waals surface area contributed by atoms with E-state index < -0.39 is 0 Å². The molecule has 6 heteroatoms. The number of amides is 1. The second kappa shape index (κ2) is 7.01. The predicted molar refractivity (Wildman–Crippen MR) is 98.3 cm³/mol. The lowest BCUT2D eigenvalue weighted by molar-refractivity contribution is 0.102. The van der Waals surface area contributed by atoms with Gasteiger partial charge in [0.1, 0.15) is 5.75 Å². The number of hydrogen-bond acceptors (Lipinski definition) is 4. The van der Waals surface area contributed by atoms with Crippen molar-refractivity contribution in [2.45, 2.75) is 12.8 Å². The van der Waals surface area contributed by atoms with Gasteiger partial charge in [0.25, 0.3) is 5.91 Å². The number of hydrogen-bond donors (Lipinski definition) is 2. The van der Waals surface area contributed by atoms with Gasteiger partial charge in [-0.2, -0.15) is 0 Å². The van der Waals surface area contributed by atoms with Crippen LogP contribution in [0.3, 0.4) is 0 Å². The number of halogens is 1. The molecule has 0 bridgehead atoms. The Hall–Kier alpha value is -2.40. The van der Waals surface area contributed by atoms with E-state index >= 15 is 0 Å². The lowest BCUT2D eigenvalue weighted by Crippen LogP contribution is -2.20. The van der Waals surface area contributed by atoms with E-state index in [1.54, 1.807) is 24.3 Å². The Balaban J connectivity index is 1.89. The molecule has 24 heavy (non-hydrogen) atoms. The Morgan fingerprint density at radius 1 is 1.25 bits per heavy atom. The number of rotatable bonds is 4. The van der Waals surface area contributed by atoms with E-state index in [1.165, 1.54) is 7.11 Å². The van der Waals surface area contributed by atoms with Gasteiger partial charge in [-0.05, 0) is 37.1 Å². The fourth-order valence-electron chi connectivity index (χ4n) is 2.93. The smallest absolute Gasteiger partial charge is 0.259 e. The fraction of sp³-hybridized carbons (Fsp3) is 0.278. The highest BCUT2D eigenvalue weighted by atomic mass is 35.5. The Kier molecular flexibility index (Phi) is 4.81. The summed E-state index contributed by atoms with van der Waals surface area (Å²) in [6.07, 6.45) is 2.29. The van der Waals surface area contributed by atoms with Crippen molar-refractivity contribution in [3.63, 3.8) is 0 Å². The van der Waals surface area contributed by atoms with Gasteiger partial charge < -0.3 is 20.7 Å². The van der Waals surface area contributed by atoms with Crippen molar-refractivity contribution < 1.29 is 9.53 Å². The molecule has 0 unspecified atom stereocenters. The molecular formula is C18H20ClN3O2. The van der Waals surface area contributed by atoms with E-state index in [9.17, 15) is 4.79 Å². The molecule has 126 valence electrons. The van der Waals surface area contributed by atoms with Crippen LogP contribution in [-0.4, -0.2) is 26.1 Å². The molecule has 0 radical (unpaired) electrons. The van der Waals surface area contributed by atoms with Crippen molar-refractivity contribution in [2.75, 3.05) is 36.1 Å². The van der Waals surface area contributed by atoms with Gasteiger partial charge >= 0.3 is 0 Å². The number of nitrogens with two attached hydrogens (primary N) is 1. The maximum Gasteiger partial charge on any atom is 0.259 e. The Bertz CT molecular complexity index is 758. The highest BCUT2D eigenvalue weighted by molar-refractivity contribution is 6.34. The molecule has 1 aliphatic rings. The lowest BCUT2D eigenvalue weighted by atomic mass is 10.1. The summed E-state index contributed by atoms with van der Waals surface area (Å²) in [5, 5.41) is 3.27. The normalized spacial score (nSPS) is 13.8. The number of carbonyl (C=O) groups excluding carboxylic acids is 1. The number of ether oxygens (including phenoxy) is 1. The summed E-state index contributed by atoms with van der Waals surface area (Å²) in [6, 6.07) is 10.6. The number of nitrogens with zero attached hydrogens (tertiary/aromatic N) is 1. The van der Waals surface area contributed by atoms with Crippen LogP contribution in [0, 0.1) is 0 Å². The summed E-state index contributed by atoms with van der Waals surface area (Å²) in [7, 11) is 1.54. The third kappa shape index (κ3) is 3.26. The molecule has 2 aromatic carbocycles. The predicted octanol–water partition coefficient (Wildman–Crippen LogP) is 3.78. The van der Waals surface area contributed by atoms with Crippen LogP contribution in [-0.2, 0) is 0 Å². The SMILES string of the molecule is COc1ccccc1C(=O)Nc1cc(N2CCCC2)c(N)cc1Cl. The van der Waals surface area contributed by atoms with Gasteiger partial charge in [0.05, 0.1) is 34.8 Å². The largest absolute Gasteiger partial charge is 0.496 e. The standard InChI is InChI=1S/C18H20ClN3O2/c1-24-17-7-3-2-6-12(17)18(23)21-15-11-16(14(20)10-13(15)19)22-8-4-5-9-22/h2-3,6-7,10-11H,4-5,8-9,20H2,1H3,(H,21,23). The number of nitrogens with one attached hydrogen (secondary N) is 1. The van der Waals surface area contributed by atoms with Crippen molar-refractivity contribution in [3.8, 4) is 5.75 Å². The zero-order valence-corrected chi connectivity index (χ0v) is 14.3. The molecule has 2 aromatic rings. The maximum atomic E-state index is 12.6. The van der Waals surface area contributed by atoms with Gasteiger partial charge in [-0.15, -0.1) is 0 Å². The number of benzene rings is 2. The van der Waals surface area contributed by atoms with Crippen molar-refractivity contribution >= 4 is 34.6 Å². The third-order valence-electron chi connectivity index (χ3n) is 4.16. The van der Waals surface area contributed by atoms with E-state index in [0.717, 1.165) is 31.6 Å². The highest BCUT2D eigenvalue weighted by Crippen LogP contribution is 2.35. The summed E-state index contributed by atoms with van der Waals surface area (Å²) in [4.78, 5) is 14.8. The van der Waals surface area contributed by atoms with Crippen molar-refractivity contribution in [1.82, 2.24) is 0 Å². The molecular weight excluding hydrogens is 326 g/mol. The van der Waals surface area contributed by atoms with E-state index in [0.29, 0.717) is 27.7 Å². The second-order valence-corrected chi connectivity index (χ2v) is 6.15. The molecule has 3 rings (SSSR count). The molecule has 1 fully saturated rings. The molecule has 5 nitrogen and oxygen atoms in total. The number of para-hydroxylation sites is 1. The van der Waals surface area contributed by atoms with Crippen LogP contribution in [0.5, 0.6) is 5.75 Å². The van der Waals surface area contributed by atoms with Crippen LogP contribution < -0.4 is 20.7 Å². The average Bonchev–Trinajstić information content (AvgIpc) is 3.11. The molecule has 0 aromatic heterocycles. The molecule has 1 amide bonds. The summed E-state index contributed by atoms with van der Waals surface area (Å²) in [6.45, 7) is 1.93. The van der Waals surface area contributed by atoms with Crippen LogP contribution in [0.1, 0.15) is 23.2 Å². The maximum absolute atomic E-state index is 12.6. The first kappa shape index (κ1) is 16.5. The molecule has 0 aliphatic carbocycles. The van der Waals surface area contributed by atoms with Crippen LogP contribution >= 0.6 is 11.6 Å². The van der Waals surface area contributed by atoms with Gasteiger partial charge in [0, 0.05) is 13.1 Å². The van der Waals surface area contributed by atoms with Crippen LogP contribution in [0.4, 0.5) is 17.1 Å². The summed E-state index contributed by atoms with van der Waals surface area (Å²) in [5.74, 6) is 0.243. The lowest BCUT2D eigenvalue weighted by Gasteiger charge is -2.21. The van der Waals surface area contributed by atoms with E-state index in [2.05, 4.69) is 10.2 Å². The molecule has 1 heterocycles. The van der Waals surface area contributed by atoms with Crippen LogP contribution in [0.2, 0.25) is 5.02 Å². The second-order valence-electron chi connectivity index (χ2n) is 5.74. The fourth-order valence-corrected chi connectivity index (χ4v) is 3.15. The number of nitrogen functional groups attached to an aromatic ring is 1. The summed E-state index contributed by atoms with van der Waals surface area (Å²) >= 11 is 6.27. The van der Waals surface area contributed by atoms with Crippen LogP contribution in [0.25, 0.3) is 0 Å². The zero-order chi connectivity index (χ0) is 17.1. The topological polar surface area (TPSA) is 67.6 Å². The molecule has 3 N–H and O–H groups in total. The van der Waals surface area contributed by atoms with Gasteiger partial charge in [0.15, 0.2) is 0 Å². The molecule has 0 atom stereocenters. The van der Waals surface area contributed by atoms with Gasteiger partial charge in [-0.1, -0.05) is 23.7 Å². The average molecular weight is 346 g/mol. The Morgan fingerprint density at radius 3 is 2.67 bits per heavy atom. The quantitative estimate of drug-likeness (QED) is 0.827. The minimum atomic E-state index is -0.272. The highest BCUT2D eigenvalue weighted by Gasteiger charge is 2.19. The molecule has 1 saturated heterocycles. The van der Waals surface area contributed by atoms with E-state index in [-0.39, 0.29) is 5.91 Å².